The molecule has 1 aromatic carbocycles. The number of nitrogens with zero attached hydrogens (tertiary/aromatic N) is 2. The second-order valence-electron chi connectivity index (χ2n) is 4.49. The van der Waals surface area contributed by atoms with Gasteiger partial charge in [-0.15, -0.1) is 0 Å². The van der Waals surface area contributed by atoms with Crippen molar-refractivity contribution < 1.29 is 9.66 Å². The number of nitro groups is 1. The number of hydrogen-bond donors (Lipinski definition) is 1. The molecule has 0 saturated heterocycles. The van der Waals surface area contributed by atoms with Crippen LogP contribution in [0.4, 0.5) is 17.2 Å². The van der Waals surface area contributed by atoms with Crippen molar-refractivity contribution in [3.8, 4) is 5.75 Å². The van der Waals surface area contributed by atoms with Gasteiger partial charge >= 0.3 is 0 Å². The summed E-state index contributed by atoms with van der Waals surface area (Å²) in [7, 11) is 1.61. The van der Waals surface area contributed by atoms with Crippen LogP contribution in [-0.2, 0) is 0 Å². The van der Waals surface area contributed by atoms with E-state index in [1.54, 1.807) is 7.11 Å². The molecule has 1 aromatic heterocycles. The monoisotopic (exact) mass is 351 g/mol. The molecule has 0 aliphatic rings. The van der Waals surface area contributed by atoms with Crippen LogP contribution >= 0.6 is 15.9 Å². The molecule has 0 fully saturated rings. The van der Waals surface area contributed by atoms with Crippen LogP contribution in [0.25, 0.3) is 0 Å². The molecule has 0 spiro atoms. The molecule has 2 aromatic rings. The van der Waals surface area contributed by atoms with E-state index >= 15 is 0 Å². The highest BCUT2D eigenvalue weighted by atomic mass is 79.9. The predicted octanol–water partition coefficient (Wildman–Crippen LogP) is 4.12. The number of hydrogen-bond acceptors (Lipinski definition) is 5. The van der Waals surface area contributed by atoms with Crippen LogP contribution in [0.2, 0.25) is 0 Å². The summed E-state index contributed by atoms with van der Waals surface area (Å²) in [5, 5.41) is 13.9. The fourth-order valence-electron chi connectivity index (χ4n) is 1.98. The summed E-state index contributed by atoms with van der Waals surface area (Å²) >= 11 is 3.30. The maximum Gasteiger partial charge on any atom is 0.288 e. The molecular formula is C14H14BrN3O3. The molecular weight excluding hydrogens is 338 g/mol. The second-order valence-corrected chi connectivity index (χ2v) is 5.35. The number of nitrogens with one attached hydrogen (secondary N) is 1. The van der Waals surface area contributed by atoms with E-state index in [9.17, 15) is 10.1 Å². The maximum absolute atomic E-state index is 10.7. The minimum Gasteiger partial charge on any atom is -0.496 e. The molecule has 0 atom stereocenters. The largest absolute Gasteiger partial charge is 0.496 e. The summed E-state index contributed by atoms with van der Waals surface area (Å²) < 4.78 is 5.82. The Kier molecular flexibility index (Phi) is 4.42. The second kappa shape index (κ2) is 6.09. The molecule has 110 valence electrons. The fraction of sp³-hybridized carbons (Fsp3) is 0.214. The van der Waals surface area contributed by atoms with Gasteiger partial charge in [0.1, 0.15) is 17.8 Å². The Hall–Kier alpha value is -2.15. The first-order chi connectivity index (χ1) is 9.93. The average Bonchev–Trinajstić information content (AvgIpc) is 2.44. The molecule has 1 N–H and O–H groups in total. The Labute approximate surface area is 130 Å². The van der Waals surface area contributed by atoms with Gasteiger partial charge in [0.2, 0.25) is 0 Å². The minimum atomic E-state index is -0.483. The third kappa shape index (κ3) is 3.13. The Morgan fingerprint density at radius 3 is 2.67 bits per heavy atom. The molecule has 0 bridgehead atoms. The highest BCUT2D eigenvalue weighted by Gasteiger charge is 2.13. The standard InChI is InChI=1S/C14H14BrN3O3/c1-8-4-5-12(21-3)9(2)13(8)17-14-11(15)6-10(7-16-14)18(19)20/h4-7H,1-3H3,(H,16,17). The molecule has 0 aliphatic carbocycles. The Morgan fingerprint density at radius 1 is 1.38 bits per heavy atom. The Morgan fingerprint density at radius 2 is 2.10 bits per heavy atom. The van der Waals surface area contributed by atoms with Crippen molar-refractivity contribution in [1.82, 2.24) is 4.98 Å². The van der Waals surface area contributed by atoms with Gasteiger partial charge in [-0.1, -0.05) is 6.07 Å². The van der Waals surface area contributed by atoms with Crippen molar-refractivity contribution in [2.24, 2.45) is 0 Å². The van der Waals surface area contributed by atoms with E-state index in [1.807, 2.05) is 26.0 Å². The highest BCUT2D eigenvalue weighted by molar-refractivity contribution is 9.10. The first kappa shape index (κ1) is 15.2. The zero-order valence-corrected chi connectivity index (χ0v) is 13.4. The van der Waals surface area contributed by atoms with Crippen LogP contribution in [0.5, 0.6) is 5.75 Å². The number of pyridine rings is 1. The summed E-state index contributed by atoms with van der Waals surface area (Å²) in [6.07, 6.45) is 1.22. The first-order valence-electron chi connectivity index (χ1n) is 6.15. The summed E-state index contributed by atoms with van der Waals surface area (Å²) in [6, 6.07) is 5.25. The van der Waals surface area contributed by atoms with Crippen molar-refractivity contribution in [2.75, 3.05) is 12.4 Å². The van der Waals surface area contributed by atoms with Crippen molar-refractivity contribution in [1.29, 1.82) is 0 Å². The lowest BCUT2D eigenvalue weighted by molar-refractivity contribution is -0.385. The van der Waals surface area contributed by atoms with Crippen molar-refractivity contribution in [3.63, 3.8) is 0 Å². The number of halogens is 1. The Bertz CT molecular complexity index is 704. The number of benzene rings is 1. The van der Waals surface area contributed by atoms with E-state index < -0.39 is 4.92 Å². The first-order valence-corrected chi connectivity index (χ1v) is 6.94. The van der Waals surface area contributed by atoms with Crippen LogP contribution in [-0.4, -0.2) is 17.0 Å². The van der Waals surface area contributed by atoms with E-state index in [0.717, 1.165) is 22.6 Å². The number of methoxy groups -OCH3 is 1. The summed E-state index contributed by atoms with van der Waals surface area (Å²) in [4.78, 5) is 14.3. The quantitative estimate of drug-likeness (QED) is 0.662. The van der Waals surface area contributed by atoms with E-state index in [1.165, 1.54) is 12.3 Å². The summed E-state index contributed by atoms with van der Waals surface area (Å²) in [5.41, 5.74) is 2.79. The van der Waals surface area contributed by atoms with Gasteiger partial charge in [0.15, 0.2) is 0 Å². The molecule has 7 heteroatoms. The van der Waals surface area contributed by atoms with Gasteiger partial charge in [0.05, 0.1) is 16.5 Å². The van der Waals surface area contributed by atoms with Crippen LogP contribution < -0.4 is 10.1 Å². The average molecular weight is 352 g/mol. The van der Waals surface area contributed by atoms with Gasteiger partial charge in [-0.3, -0.25) is 10.1 Å². The topological polar surface area (TPSA) is 77.3 Å². The van der Waals surface area contributed by atoms with Gasteiger partial charge in [0, 0.05) is 17.3 Å². The van der Waals surface area contributed by atoms with Crippen molar-refractivity contribution in [2.45, 2.75) is 13.8 Å². The predicted molar refractivity (Wildman–Crippen MR) is 84.3 cm³/mol. The molecule has 0 amide bonds. The van der Waals surface area contributed by atoms with Gasteiger partial charge in [-0.25, -0.2) is 4.98 Å². The molecule has 1 heterocycles. The van der Waals surface area contributed by atoms with Crippen LogP contribution in [0.15, 0.2) is 28.9 Å². The molecule has 21 heavy (non-hydrogen) atoms. The van der Waals surface area contributed by atoms with Gasteiger partial charge < -0.3 is 10.1 Å². The SMILES string of the molecule is COc1ccc(C)c(Nc2ncc([N+](=O)[O-])cc2Br)c1C. The molecule has 0 aliphatic heterocycles. The third-order valence-corrected chi connectivity index (χ3v) is 3.73. The maximum atomic E-state index is 10.7. The van der Waals surface area contributed by atoms with Crippen LogP contribution in [0.3, 0.4) is 0 Å². The van der Waals surface area contributed by atoms with Gasteiger partial charge in [-0.05, 0) is 41.4 Å². The van der Waals surface area contributed by atoms with E-state index in [0.29, 0.717) is 10.3 Å². The number of rotatable bonds is 4. The van der Waals surface area contributed by atoms with Gasteiger partial charge in [-0.2, -0.15) is 0 Å². The smallest absolute Gasteiger partial charge is 0.288 e. The molecule has 0 saturated carbocycles. The summed E-state index contributed by atoms with van der Waals surface area (Å²) in [5.74, 6) is 1.28. The van der Waals surface area contributed by atoms with Crippen molar-refractivity contribution >= 4 is 33.1 Å². The lowest BCUT2D eigenvalue weighted by atomic mass is 10.1. The number of aromatic nitrogens is 1. The van der Waals surface area contributed by atoms with Crippen LogP contribution in [0.1, 0.15) is 11.1 Å². The number of anilines is 2. The van der Waals surface area contributed by atoms with Crippen molar-refractivity contribution in [3.05, 3.63) is 50.1 Å². The lowest BCUT2D eigenvalue weighted by Gasteiger charge is -2.15. The Balaban J connectivity index is 2.41. The van der Waals surface area contributed by atoms with E-state index in [-0.39, 0.29) is 5.69 Å². The summed E-state index contributed by atoms with van der Waals surface area (Å²) in [6.45, 7) is 3.90. The highest BCUT2D eigenvalue weighted by Crippen LogP contribution is 2.33. The molecule has 0 unspecified atom stereocenters. The lowest BCUT2D eigenvalue weighted by Crippen LogP contribution is -2.01. The molecule has 2 rings (SSSR count). The molecule has 6 nitrogen and oxygen atoms in total. The zero-order chi connectivity index (χ0) is 15.6. The third-order valence-electron chi connectivity index (χ3n) is 3.12. The molecule has 0 radical (unpaired) electrons. The van der Waals surface area contributed by atoms with Gasteiger partial charge in [0.25, 0.3) is 5.69 Å². The number of ether oxygens (including phenoxy) is 1. The van der Waals surface area contributed by atoms with E-state index in [4.69, 9.17) is 4.74 Å². The minimum absolute atomic E-state index is 0.0634. The normalized spacial score (nSPS) is 10.3. The van der Waals surface area contributed by atoms with Crippen LogP contribution in [0, 0.1) is 24.0 Å². The zero-order valence-electron chi connectivity index (χ0n) is 11.8. The number of aryl methyl sites for hydroxylation is 1. The van der Waals surface area contributed by atoms with E-state index in [2.05, 4.69) is 26.2 Å². The fourth-order valence-corrected chi connectivity index (χ4v) is 2.42.